The second-order valence-corrected chi connectivity index (χ2v) is 19.5. The monoisotopic (exact) mass is 896 g/mol. The Hall–Kier alpha value is -7.36. The minimum Gasteiger partial charge on any atom is -0.460 e. The second-order valence-electron chi connectivity index (χ2n) is 19.5. The molecule has 12 rings (SSSR count). The Balaban J connectivity index is 0.780. The van der Waals surface area contributed by atoms with E-state index in [1.165, 1.54) is 89.5 Å². The number of aromatic nitrogens is 1. The number of rotatable bonds is 11. The topological polar surface area (TPSA) is 21.3 Å². The summed E-state index contributed by atoms with van der Waals surface area (Å²) in [5, 5.41) is 1.22. The molecular weight excluding hydrogens is 837 g/mol. The quantitative estimate of drug-likeness (QED) is 0.123. The number of allylic oxidation sites excluding steroid dienone is 21. The van der Waals surface area contributed by atoms with Crippen LogP contribution in [0.4, 0.5) is 11.4 Å². The van der Waals surface area contributed by atoms with Gasteiger partial charge >= 0.3 is 0 Å². The van der Waals surface area contributed by atoms with Crippen molar-refractivity contribution in [2.75, 3.05) is 4.90 Å². The number of hydrogen-bond acceptors (Lipinski definition) is 2. The third-order valence-electron chi connectivity index (χ3n) is 15.4. The highest BCUT2D eigenvalue weighted by Crippen LogP contribution is 2.43. The van der Waals surface area contributed by atoms with Crippen molar-refractivity contribution < 1.29 is 4.42 Å². The van der Waals surface area contributed by atoms with E-state index in [0.29, 0.717) is 11.8 Å². The summed E-state index contributed by atoms with van der Waals surface area (Å²) in [5.41, 5.74) is 22.0. The molecule has 0 aliphatic heterocycles. The van der Waals surface area contributed by atoms with Gasteiger partial charge in [0.15, 0.2) is 0 Å². The summed E-state index contributed by atoms with van der Waals surface area (Å²) in [7, 11) is 0. The molecule has 2 aromatic heterocycles. The Bertz CT molecular complexity index is 3270. The molecule has 2 heterocycles. The van der Waals surface area contributed by atoms with E-state index in [1.807, 2.05) is 18.2 Å². The number of hydrogen-bond donors (Lipinski definition) is 0. The largest absolute Gasteiger partial charge is 0.460 e. The first-order valence-electron chi connectivity index (χ1n) is 25.4. The van der Waals surface area contributed by atoms with E-state index >= 15 is 0 Å². The van der Waals surface area contributed by atoms with Gasteiger partial charge in [0.1, 0.15) is 11.3 Å². The molecule has 3 heteroatoms. The molecule has 0 amide bonds. The normalized spacial score (nSPS) is 21.4. The zero-order valence-corrected chi connectivity index (χ0v) is 39.6. The fraction of sp³-hybridized carbons (Fsp3) is 0.212. The van der Waals surface area contributed by atoms with E-state index in [2.05, 4.69) is 193 Å². The van der Waals surface area contributed by atoms with Crippen molar-refractivity contribution in [2.45, 2.75) is 82.6 Å². The van der Waals surface area contributed by atoms with E-state index in [0.717, 1.165) is 87.5 Å². The molecule has 0 bridgehead atoms. The highest BCUT2D eigenvalue weighted by molar-refractivity contribution is 5.96. The Morgan fingerprint density at radius 3 is 2.19 bits per heavy atom. The van der Waals surface area contributed by atoms with Gasteiger partial charge in [0.25, 0.3) is 0 Å². The van der Waals surface area contributed by atoms with Crippen molar-refractivity contribution in [3.8, 4) is 0 Å². The smallest absolute Gasteiger partial charge is 0.134 e. The van der Waals surface area contributed by atoms with Gasteiger partial charge in [0.2, 0.25) is 0 Å². The van der Waals surface area contributed by atoms with Crippen LogP contribution in [-0.4, -0.2) is 10.6 Å². The van der Waals surface area contributed by atoms with Gasteiger partial charge < -0.3 is 13.9 Å². The molecule has 0 radical (unpaired) electrons. The van der Waals surface area contributed by atoms with Crippen molar-refractivity contribution in [1.29, 1.82) is 0 Å². The Kier molecular flexibility index (Phi) is 11.6. The van der Waals surface area contributed by atoms with Crippen LogP contribution in [0.5, 0.6) is 0 Å². The predicted octanol–water partition coefficient (Wildman–Crippen LogP) is 17.2. The van der Waals surface area contributed by atoms with Gasteiger partial charge in [0, 0.05) is 57.7 Å². The van der Waals surface area contributed by atoms with E-state index in [1.54, 1.807) is 0 Å². The lowest BCUT2D eigenvalue weighted by Crippen LogP contribution is -2.30. The fourth-order valence-electron chi connectivity index (χ4n) is 11.8. The molecule has 7 aliphatic rings. The van der Waals surface area contributed by atoms with Gasteiger partial charge in [-0.15, -0.1) is 0 Å². The molecule has 69 heavy (non-hydrogen) atoms. The Labute approximate surface area is 408 Å². The average molecular weight is 897 g/mol. The molecule has 0 fully saturated rings. The summed E-state index contributed by atoms with van der Waals surface area (Å²) < 4.78 is 9.11. The summed E-state index contributed by atoms with van der Waals surface area (Å²) in [5.74, 6) is 1.83. The van der Waals surface area contributed by atoms with Gasteiger partial charge in [-0.3, -0.25) is 0 Å². The summed E-state index contributed by atoms with van der Waals surface area (Å²) in [4.78, 5) is 2.49. The van der Waals surface area contributed by atoms with Gasteiger partial charge in [-0.2, -0.15) is 0 Å². The van der Waals surface area contributed by atoms with Crippen LogP contribution in [0.1, 0.15) is 108 Å². The first-order valence-corrected chi connectivity index (χ1v) is 25.4. The second kappa shape index (κ2) is 18.6. The molecule has 3 unspecified atom stereocenters. The molecule has 5 aromatic rings. The molecule has 3 nitrogen and oxygen atoms in total. The van der Waals surface area contributed by atoms with Crippen LogP contribution in [-0.2, 0) is 19.3 Å². The number of nitrogens with zero attached hydrogens (tertiary/aromatic N) is 2. The molecule has 0 saturated heterocycles. The summed E-state index contributed by atoms with van der Waals surface area (Å²) in [6.45, 7) is 7.97. The molecule has 340 valence electrons. The molecular formula is C66H60N2O. The maximum Gasteiger partial charge on any atom is 0.134 e. The van der Waals surface area contributed by atoms with E-state index < -0.39 is 0 Å². The summed E-state index contributed by atoms with van der Waals surface area (Å²) in [6, 6.07) is 25.4. The van der Waals surface area contributed by atoms with Crippen molar-refractivity contribution in [3.05, 3.63) is 250 Å². The SMILES string of the molecule is C=CC=C(C=C)C1=CCC(N(c2ccc(C3=CCCC=C3)cc2)c2ccc(C3=Cc4c(oc5ccc(C6C=CC(C7C=Cc8c(c9c(n8C8=CCCC=C8)CCC=C9)C7)=CC6)cc45)CC3)cc2)C=C1. The fourth-order valence-corrected chi connectivity index (χ4v) is 11.8. The van der Waals surface area contributed by atoms with Gasteiger partial charge in [0.05, 0.1) is 6.04 Å². The third kappa shape index (κ3) is 8.18. The molecule has 0 N–H and O–H groups in total. The van der Waals surface area contributed by atoms with Crippen LogP contribution in [0.2, 0.25) is 0 Å². The molecule has 7 aliphatic carbocycles. The molecule has 3 atom stereocenters. The highest BCUT2D eigenvalue weighted by Gasteiger charge is 2.29. The molecule has 0 saturated carbocycles. The molecule has 0 spiro atoms. The maximum atomic E-state index is 6.54. The van der Waals surface area contributed by atoms with Crippen LogP contribution in [0.3, 0.4) is 0 Å². The Morgan fingerprint density at radius 1 is 0.667 bits per heavy atom. The average Bonchev–Trinajstić information content (AvgIpc) is 3.96. The number of furan rings is 1. The van der Waals surface area contributed by atoms with Crippen LogP contribution in [0.25, 0.3) is 46.0 Å². The molecule has 3 aromatic carbocycles. The first-order chi connectivity index (χ1) is 34.1. The third-order valence-corrected chi connectivity index (χ3v) is 15.4. The lowest BCUT2D eigenvalue weighted by Gasteiger charge is -2.33. The summed E-state index contributed by atoms with van der Waals surface area (Å²) >= 11 is 0. The van der Waals surface area contributed by atoms with Crippen molar-refractivity contribution in [1.82, 2.24) is 4.57 Å². The standard InChI is InChI=1S/C66H60N2O/c1-3-13-45(4-2)47-24-33-56(34-25-47)67(57-35-26-48(27-36-57)46-14-7-5-8-15-46)58-37-28-51(29-38-58)54-32-41-66-62(44-54)61-43-53(31-40-65(61)69-66)50-22-20-49(21-23-50)52-30-39-64-60(42-52)59-18-11-12-19-63(59)68(64)55-16-9-6-10-17-55/h3-4,7,9,11,13-18,20-22,24-31,33,35-40,43-44,50,52,56H,1-2,5-6,8,10,12,19,23,32,34,41-42H2. The number of anilines is 2. The summed E-state index contributed by atoms with van der Waals surface area (Å²) in [6.07, 6.45) is 57.6. The van der Waals surface area contributed by atoms with Crippen LogP contribution >= 0.6 is 0 Å². The maximum absolute atomic E-state index is 6.54. The minimum absolute atomic E-state index is 0.161. The van der Waals surface area contributed by atoms with Crippen molar-refractivity contribution in [3.63, 3.8) is 0 Å². The van der Waals surface area contributed by atoms with E-state index in [4.69, 9.17) is 4.42 Å². The van der Waals surface area contributed by atoms with Crippen LogP contribution in [0.15, 0.2) is 204 Å². The van der Waals surface area contributed by atoms with Crippen molar-refractivity contribution in [2.24, 2.45) is 5.92 Å². The van der Waals surface area contributed by atoms with Gasteiger partial charge in [-0.1, -0.05) is 147 Å². The highest BCUT2D eigenvalue weighted by atomic mass is 16.3. The van der Waals surface area contributed by atoms with E-state index in [9.17, 15) is 0 Å². The van der Waals surface area contributed by atoms with Gasteiger partial charge in [-0.25, -0.2) is 0 Å². The number of benzene rings is 3. The zero-order chi connectivity index (χ0) is 46.3. The first kappa shape index (κ1) is 43.0. The Morgan fingerprint density at radius 2 is 1.46 bits per heavy atom. The van der Waals surface area contributed by atoms with Crippen LogP contribution < -0.4 is 4.90 Å². The lowest BCUT2D eigenvalue weighted by atomic mass is 9.80. The van der Waals surface area contributed by atoms with Gasteiger partial charge in [-0.05, 0) is 175 Å². The number of fused-ring (bicyclic) bond motifs is 6. The minimum atomic E-state index is 0.161. The van der Waals surface area contributed by atoms with E-state index in [-0.39, 0.29) is 6.04 Å². The van der Waals surface area contributed by atoms with Crippen molar-refractivity contribution >= 4 is 57.4 Å². The predicted molar refractivity (Wildman–Crippen MR) is 293 cm³/mol. The lowest BCUT2D eigenvalue weighted by molar-refractivity contribution is 0.547. The number of aryl methyl sites for hydroxylation is 1. The zero-order valence-electron chi connectivity index (χ0n) is 39.6. The van der Waals surface area contributed by atoms with Crippen LogP contribution in [0, 0.1) is 5.92 Å².